The molecule has 0 aliphatic heterocycles. The summed E-state index contributed by atoms with van der Waals surface area (Å²) in [7, 11) is 1.94. The molecule has 5 heteroatoms. The van der Waals surface area contributed by atoms with Crippen molar-refractivity contribution in [3.05, 3.63) is 52.7 Å². The fourth-order valence-electron chi connectivity index (χ4n) is 2.64. The highest BCUT2D eigenvalue weighted by molar-refractivity contribution is 7.19. The summed E-state index contributed by atoms with van der Waals surface area (Å²) in [5.74, 6) is 0. The highest BCUT2D eigenvalue weighted by atomic mass is 32.1. The molecule has 1 unspecified atom stereocenters. The van der Waals surface area contributed by atoms with Crippen LogP contribution in [0.1, 0.15) is 29.2 Å². The minimum atomic E-state index is -0.473. The van der Waals surface area contributed by atoms with Crippen molar-refractivity contribution in [3.8, 4) is 0 Å². The first-order chi connectivity index (χ1) is 10.7. The van der Waals surface area contributed by atoms with Gasteiger partial charge in [-0.1, -0.05) is 25.1 Å². The Balaban J connectivity index is 1.61. The van der Waals surface area contributed by atoms with Gasteiger partial charge >= 0.3 is 0 Å². The molecular weight excluding hydrogens is 294 g/mol. The van der Waals surface area contributed by atoms with E-state index in [1.807, 2.05) is 30.1 Å². The molecule has 0 saturated carbocycles. The molecular formula is C17H21N3OS. The number of aliphatic hydroxyl groups is 1. The number of aliphatic hydroxyl groups excluding tert-OH is 1. The maximum absolute atomic E-state index is 10.4. The number of fused-ring (bicyclic) bond motifs is 1. The molecule has 0 bridgehead atoms. The second-order valence-electron chi connectivity index (χ2n) is 5.46. The maximum atomic E-state index is 10.4. The smallest absolute Gasteiger partial charge is 0.101 e. The number of rotatable bonds is 6. The van der Waals surface area contributed by atoms with Crippen LogP contribution < -0.4 is 5.32 Å². The fraction of sp³-hybridized carbons (Fsp3) is 0.353. The third-order valence-electron chi connectivity index (χ3n) is 3.75. The van der Waals surface area contributed by atoms with E-state index in [1.165, 1.54) is 15.6 Å². The van der Waals surface area contributed by atoms with E-state index in [1.54, 1.807) is 11.3 Å². The van der Waals surface area contributed by atoms with Crippen molar-refractivity contribution in [2.75, 3.05) is 6.54 Å². The van der Waals surface area contributed by atoms with Gasteiger partial charge in [0.2, 0.25) is 0 Å². The third-order valence-corrected chi connectivity index (χ3v) is 4.97. The first kappa shape index (κ1) is 15.2. The molecule has 0 aliphatic carbocycles. The molecule has 4 nitrogen and oxygen atoms in total. The Morgan fingerprint density at radius 3 is 2.95 bits per heavy atom. The third kappa shape index (κ3) is 3.21. The lowest BCUT2D eigenvalue weighted by molar-refractivity contribution is 0.178. The standard InChI is InChI=1S/C17H21N3OS/c1-3-14-13(11-20(2)19-14)9-18-10-15(21)17-8-12-6-4-5-7-16(12)22-17/h4-8,11,15,18,21H,3,9-10H2,1-2H3. The Hall–Kier alpha value is -1.69. The van der Waals surface area contributed by atoms with Gasteiger partial charge in [0.15, 0.2) is 0 Å². The molecule has 0 aliphatic rings. The molecule has 2 N–H and O–H groups in total. The van der Waals surface area contributed by atoms with E-state index in [2.05, 4.69) is 35.5 Å². The van der Waals surface area contributed by atoms with Crippen molar-refractivity contribution < 1.29 is 5.11 Å². The summed E-state index contributed by atoms with van der Waals surface area (Å²) in [6.45, 7) is 3.39. The Bertz CT molecular complexity index is 729. The van der Waals surface area contributed by atoms with E-state index in [9.17, 15) is 5.11 Å². The Morgan fingerprint density at radius 1 is 1.36 bits per heavy atom. The Kier molecular flexibility index (Phi) is 4.57. The summed E-state index contributed by atoms with van der Waals surface area (Å²) in [5, 5.41) is 19.3. The number of nitrogens with one attached hydrogen (secondary N) is 1. The molecule has 0 fully saturated rings. The van der Waals surface area contributed by atoms with Crippen LogP contribution in [-0.2, 0) is 20.0 Å². The maximum Gasteiger partial charge on any atom is 0.101 e. The van der Waals surface area contributed by atoms with Crippen LogP contribution in [0.2, 0.25) is 0 Å². The van der Waals surface area contributed by atoms with E-state index in [0.29, 0.717) is 6.54 Å². The monoisotopic (exact) mass is 315 g/mol. The zero-order valence-corrected chi connectivity index (χ0v) is 13.7. The fourth-order valence-corrected chi connectivity index (χ4v) is 3.69. The largest absolute Gasteiger partial charge is 0.386 e. The average Bonchev–Trinajstić information content (AvgIpc) is 3.10. The SMILES string of the molecule is CCc1nn(C)cc1CNCC(O)c1cc2ccccc2s1. The Morgan fingerprint density at radius 2 is 2.18 bits per heavy atom. The Labute approximate surface area is 134 Å². The van der Waals surface area contributed by atoms with Crippen LogP contribution in [0.5, 0.6) is 0 Å². The first-order valence-electron chi connectivity index (χ1n) is 7.56. The number of benzene rings is 1. The molecule has 1 atom stereocenters. The lowest BCUT2D eigenvalue weighted by Gasteiger charge is -2.09. The normalized spacial score (nSPS) is 12.9. The van der Waals surface area contributed by atoms with Crippen LogP contribution in [0, 0.1) is 0 Å². The van der Waals surface area contributed by atoms with Gasteiger partial charge in [0.05, 0.1) is 5.69 Å². The molecule has 0 spiro atoms. The van der Waals surface area contributed by atoms with Crippen molar-refractivity contribution in [3.63, 3.8) is 0 Å². The molecule has 22 heavy (non-hydrogen) atoms. The predicted molar refractivity (Wildman–Crippen MR) is 91.1 cm³/mol. The second kappa shape index (κ2) is 6.60. The molecule has 3 rings (SSSR count). The second-order valence-corrected chi connectivity index (χ2v) is 6.58. The number of hydrogen-bond acceptors (Lipinski definition) is 4. The number of aromatic nitrogens is 2. The number of hydrogen-bond donors (Lipinski definition) is 2. The summed E-state index contributed by atoms with van der Waals surface area (Å²) >= 11 is 1.66. The minimum absolute atomic E-state index is 0.473. The molecule has 2 aromatic heterocycles. The predicted octanol–water partition coefficient (Wildman–Crippen LogP) is 3.02. The van der Waals surface area contributed by atoms with Gasteiger partial charge in [0.1, 0.15) is 6.10 Å². The van der Waals surface area contributed by atoms with E-state index in [0.717, 1.165) is 23.5 Å². The van der Waals surface area contributed by atoms with Crippen LogP contribution >= 0.6 is 11.3 Å². The summed E-state index contributed by atoms with van der Waals surface area (Å²) in [6.07, 6.45) is 2.49. The van der Waals surface area contributed by atoms with Crippen molar-refractivity contribution in [1.82, 2.24) is 15.1 Å². The number of nitrogens with zero attached hydrogens (tertiary/aromatic N) is 2. The zero-order chi connectivity index (χ0) is 15.5. The van der Waals surface area contributed by atoms with Crippen LogP contribution in [0.15, 0.2) is 36.5 Å². The summed E-state index contributed by atoms with van der Waals surface area (Å²) < 4.78 is 3.07. The van der Waals surface area contributed by atoms with E-state index in [-0.39, 0.29) is 0 Å². The quantitative estimate of drug-likeness (QED) is 0.735. The molecule has 1 aromatic carbocycles. The molecule has 0 saturated heterocycles. The van der Waals surface area contributed by atoms with E-state index in [4.69, 9.17) is 0 Å². The lowest BCUT2D eigenvalue weighted by atomic mass is 10.2. The van der Waals surface area contributed by atoms with Crippen molar-refractivity contribution in [2.45, 2.75) is 26.0 Å². The highest BCUT2D eigenvalue weighted by Gasteiger charge is 2.12. The van der Waals surface area contributed by atoms with Gasteiger partial charge in [-0.25, -0.2) is 0 Å². The van der Waals surface area contributed by atoms with Crippen LogP contribution in [0.25, 0.3) is 10.1 Å². The summed E-state index contributed by atoms with van der Waals surface area (Å²) in [4.78, 5) is 1.01. The van der Waals surface area contributed by atoms with Gasteiger partial charge in [0.25, 0.3) is 0 Å². The van der Waals surface area contributed by atoms with Gasteiger partial charge < -0.3 is 10.4 Å². The van der Waals surface area contributed by atoms with E-state index >= 15 is 0 Å². The van der Waals surface area contributed by atoms with Gasteiger partial charge in [-0.3, -0.25) is 4.68 Å². The van der Waals surface area contributed by atoms with Crippen molar-refractivity contribution >= 4 is 21.4 Å². The first-order valence-corrected chi connectivity index (χ1v) is 8.37. The summed E-state index contributed by atoms with van der Waals surface area (Å²) in [6, 6.07) is 10.3. The zero-order valence-electron chi connectivity index (χ0n) is 12.9. The van der Waals surface area contributed by atoms with Gasteiger partial charge in [-0.15, -0.1) is 11.3 Å². The molecule has 0 radical (unpaired) electrons. The molecule has 0 amide bonds. The lowest BCUT2D eigenvalue weighted by Crippen LogP contribution is -2.20. The van der Waals surface area contributed by atoms with Crippen LogP contribution in [0.4, 0.5) is 0 Å². The highest BCUT2D eigenvalue weighted by Crippen LogP contribution is 2.29. The van der Waals surface area contributed by atoms with Crippen molar-refractivity contribution in [2.24, 2.45) is 7.05 Å². The molecule has 2 heterocycles. The van der Waals surface area contributed by atoms with Gasteiger partial charge in [-0.2, -0.15) is 5.10 Å². The van der Waals surface area contributed by atoms with Crippen LogP contribution in [-0.4, -0.2) is 21.4 Å². The molecule has 116 valence electrons. The van der Waals surface area contributed by atoms with E-state index < -0.39 is 6.10 Å². The van der Waals surface area contributed by atoms with Gasteiger partial charge in [0, 0.05) is 41.5 Å². The summed E-state index contributed by atoms with van der Waals surface area (Å²) in [5.41, 5.74) is 2.32. The van der Waals surface area contributed by atoms with Crippen molar-refractivity contribution in [1.29, 1.82) is 0 Å². The minimum Gasteiger partial charge on any atom is -0.386 e. The van der Waals surface area contributed by atoms with Crippen LogP contribution in [0.3, 0.4) is 0 Å². The van der Waals surface area contributed by atoms with Gasteiger partial charge in [-0.05, 0) is 23.9 Å². The number of aryl methyl sites for hydroxylation is 2. The topological polar surface area (TPSA) is 50.1 Å². The average molecular weight is 315 g/mol. The molecule has 3 aromatic rings. The number of thiophene rings is 1.